The van der Waals surface area contributed by atoms with Crippen molar-refractivity contribution in [3.05, 3.63) is 12.2 Å². The summed E-state index contributed by atoms with van der Waals surface area (Å²) in [5, 5.41) is 14.0. The van der Waals surface area contributed by atoms with Gasteiger partial charge in [-0.15, -0.1) is 0 Å². The highest BCUT2D eigenvalue weighted by Gasteiger charge is 2.11. The molecule has 0 saturated heterocycles. The van der Waals surface area contributed by atoms with Crippen LogP contribution in [-0.2, 0) is 13.0 Å². The van der Waals surface area contributed by atoms with Crippen molar-refractivity contribution >= 4 is 11.8 Å². The Bertz CT molecular complexity index is 301. The van der Waals surface area contributed by atoms with E-state index in [-0.39, 0.29) is 6.10 Å². The SMILES string of the molecule is CCSCC(O)Cc1ncnn1CC(C)C. The molecular formula is C11H21N3OS. The second kappa shape index (κ2) is 6.91. The first-order valence-corrected chi connectivity index (χ1v) is 6.91. The first-order chi connectivity index (χ1) is 7.63. The third kappa shape index (κ3) is 4.53. The van der Waals surface area contributed by atoms with Gasteiger partial charge in [-0.3, -0.25) is 0 Å². The van der Waals surface area contributed by atoms with Crippen LogP contribution in [0.1, 0.15) is 26.6 Å². The topological polar surface area (TPSA) is 50.9 Å². The van der Waals surface area contributed by atoms with Crippen molar-refractivity contribution in [2.75, 3.05) is 11.5 Å². The van der Waals surface area contributed by atoms with Crippen LogP contribution in [0, 0.1) is 5.92 Å². The van der Waals surface area contributed by atoms with E-state index in [1.807, 2.05) is 4.68 Å². The van der Waals surface area contributed by atoms with Crippen molar-refractivity contribution in [1.29, 1.82) is 0 Å². The molecule has 1 N–H and O–H groups in total. The molecule has 4 nitrogen and oxygen atoms in total. The fourth-order valence-electron chi connectivity index (χ4n) is 1.47. The minimum Gasteiger partial charge on any atom is -0.392 e. The van der Waals surface area contributed by atoms with E-state index < -0.39 is 0 Å². The Labute approximate surface area is 101 Å². The number of rotatable bonds is 7. The Morgan fingerprint density at radius 2 is 2.25 bits per heavy atom. The van der Waals surface area contributed by atoms with Gasteiger partial charge in [0.2, 0.25) is 0 Å². The summed E-state index contributed by atoms with van der Waals surface area (Å²) in [6.07, 6.45) is 1.84. The number of hydrogen-bond donors (Lipinski definition) is 1. The standard InChI is InChI=1S/C11H21N3OS/c1-4-16-7-10(15)5-11-12-8-13-14(11)6-9(2)3/h8-10,15H,4-7H2,1-3H3. The lowest BCUT2D eigenvalue weighted by molar-refractivity contribution is 0.195. The number of nitrogens with zero attached hydrogens (tertiary/aromatic N) is 3. The molecule has 0 aliphatic heterocycles. The maximum atomic E-state index is 9.81. The number of aliphatic hydroxyl groups is 1. The van der Waals surface area contributed by atoms with Crippen LogP contribution in [0.25, 0.3) is 0 Å². The summed E-state index contributed by atoms with van der Waals surface area (Å²) >= 11 is 1.75. The molecule has 1 heterocycles. The molecule has 0 amide bonds. The highest BCUT2D eigenvalue weighted by atomic mass is 32.2. The quantitative estimate of drug-likeness (QED) is 0.790. The Hall–Kier alpha value is -0.550. The summed E-state index contributed by atoms with van der Waals surface area (Å²) in [5.41, 5.74) is 0. The molecule has 0 fully saturated rings. The number of thioether (sulfide) groups is 1. The van der Waals surface area contributed by atoms with Gasteiger partial charge in [0.25, 0.3) is 0 Å². The molecule has 0 aliphatic rings. The predicted octanol–water partition coefficient (Wildman–Crippen LogP) is 1.59. The third-order valence-corrected chi connectivity index (χ3v) is 3.20. The highest BCUT2D eigenvalue weighted by Crippen LogP contribution is 2.08. The van der Waals surface area contributed by atoms with Crippen LogP contribution in [0.15, 0.2) is 6.33 Å². The maximum Gasteiger partial charge on any atom is 0.138 e. The van der Waals surface area contributed by atoms with Crippen LogP contribution in [0.3, 0.4) is 0 Å². The second-order valence-electron chi connectivity index (χ2n) is 4.27. The van der Waals surface area contributed by atoms with Crippen molar-refractivity contribution in [3.63, 3.8) is 0 Å². The molecule has 5 heteroatoms. The molecule has 1 unspecified atom stereocenters. The fourth-order valence-corrected chi connectivity index (χ4v) is 2.09. The third-order valence-electron chi connectivity index (χ3n) is 2.17. The van der Waals surface area contributed by atoms with Crippen molar-refractivity contribution < 1.29 is 5.11 Å². The van der Waals surface area contributed by atoms with Gasteiger partial charge < -0.3 is 5.11 Å². The van der Waals surface area contributed by atoms with Gasteiger partial charge >= 0.3 is 0 Å². The van der Waals surface area contributed by atoms with Crippen LogP contribution < -0.4 is 0 Å². The van der Waals surface area contributed by atoms with E-state index in [0.717, 1.165) is 23.9 Å². The van der Waals surface area contributed by atoms with E-state index in [9.17, 15) is 5.11 Å². The van der Waals surface area contributed by atoms with E-state index in [0.29, 0.717) is 12.3 Å². The molecule has 16 heavy (non-hydrogen) atoms. The Morgan fingerprint density at radius 1 is 1.50 bits per heavy atom. The summed E-state index contributed by atoms with van der Waals surface area (Å²) in [5.74, 6) is 3.24. The van der Waals surface area contributed by atoms with Gasteiger partial charge in [0.1, 0.15) is 12.2 Å². The Morgan fingerprint density at radius 3 is 2.88 bits per heavy atom. The normalized spacial score (nSPS) is 13.3. The molecule has 1 aromatic heterocycles. The van der Waals surface area contributed by atoms with E-state index in [1.54, 1.807) is 18.1 Å². The first-order valence-electron chi connectivity index (χ1n) is 5.76. The summed E-state index contributed by atoms with van der Waals surface area (Å²) in [7, 11) is 0. The zero-order chi connectivity index (χ0) is 12.0. The molecule has 0 radical (unpaired) electrons. The predicted molar refractivity (Wildman–Crippen MR) is 67.6 cm³/mol. The highest BCUT2D eigenvalue weighted by molar-refractivity contribution is 7.99. The number of hydrogen-bond acceptors (Lipinski definition) is 4. The van der Waals surface area contributed by atoms with Crippen LogP contribution >= 0.6 is 11.8 Å². The van der Waals surface area contributed by atoms with E-state index in [4.69, 9.17) is 0 Å². The first kappa shape index (κ1) is 13.5. The molecule has 0 spiro atoms. The summed E-state index contributed by atoms with van der Waals surface area (Å²) in [4.78, 5) is 4.20. The van der Waals surface area contributed by atoms with Crippen molar-refractivity contribution in [1.82, 2.24) is 14.8 Å². The van der Waals surface area contributed by atoms with Gasteiger partial charge in [-0.25, -0.2) is 9.67 Å². The molecule has 1 aromatic rings. The molecular weight excluding hydrogens is 222 g/mol. The van der Waals surface area contributed by atoms with E-state index in [1.165, 1.54) is 0 Å². The van der Waals surface area contributed by atoms with Crippen molar-refractivity contribution in [3.8, 4) is 0 Å². The minimum absolute atomic E-state index is 0.319. The van der Waals surface area contributed by atoms with Crippen LogP contribution in [0.5, 0.6) is 0 Å². The molecule has 0 bridgehead atoms. The van der Waals surface area contributed by atoms with Crippen molar-refractivity contribution in [2.45, 2.75) is 39.8 Å². The van der Waals surface area contributed by atoms with Crippen LogP contribution in [0.2, 0.25) is 0 Å². The smallest absolute Gasteiger partial charge is 0.138 e. The van der Waals surface area contributed by atoms with Crippen LogP contribution in [0.4, 0.5) is 0 Å². The Balaban J connectivity index is 2.49. The monoisotopic (exact) mass is 243 g/mol. The lowest BCUT2D eigenvalue weighted by Crippen LogP contribution is -2.19. The van der Waals surface area contributed by atoms with Gasteiger partial charge in [-0.2, -0.15) is 16.9 Å². The summed E-state index contributed by atoms with van der Waals surface area (Å²) in [6, 6.07) is 0. The molecule has 1 atom stereocenters. The van der Waals surface area contributed by atoms with Crippen LogP contribution in [-0.4, -0.2) is 37.5 Å². The van der Waals surface area contributed by atoms with Gasteiger partial charge in [0.05, 0.1) is 6.10 Å². The van der Waals surface area contributed by atoms with E-state index >= 15 is 0 Å². The van der Waals surface area contributed by atoms with Crippen molar-refractivity contribution in [2.24, 2.45) is 5.92 Å². The second-order valence-corrected chi connectivity index (χ2v) is 5.59. The summed E-state index contributed by atoms with van der Waals surface area (Å²) in [6.45, 7) is 7.26. The Kier molecular flexibility index (Phi) is 5.84. The largest absolute Gasteiger partial charge is 0.392 e. The van der Waals surface area contributed by atoms with Gasteiger partial charge in [-0.1, -0.05) is 20.8 Å². The minimum atomic E-state index is -0.319. The van der Waals surface area contributed by atoms with Gasteiger partial charge in [0.15, 0.2) is 0 Å². The zero-order valence-electron chi connectivity index (χ0n) is 10.3. The molecule has 0 aromatic carbocycles. The van der Waals surface area contributed by atoms with Gasteiger partial charge in [0, 0.05) is 18.7 Å². The lowest BCUT2D eigenvalue weighted by Gasteiger charge is -2.11. The summed E-state index contributed by atoms with van der Waals surface area (Å²) < 4.78 is 1.89. The number of aliphatic hydroxyl groups excluding tert-OH is 1. The number of aromatic nitrogens is 3. The molecule has 0 aliphatic carbocycles. The average Bonchev–Trinajstić information content (AvgIpc) is 2.62. The molecule has 92 valence electrons. The molecule has 0 saturated carbocycles. The maximum absolute atomic E-state index is 9.81. The van der Waals surface area contributed by atoms with E-state index in [2.05, 4.69) is 30.9 Å². The average molecular weight is 243 g/mol. The zero-order valence-corrected chi connectivity index (χ0v) is 11.1. The lowest BCUT2D eigenvalue weighted by atomic mass is 10.2. The molecule has 1 rings (SSSR count). The fraction of sp³-hybridized carbons (Fsp3) is 0.818. The van der Waals surface area contributed by atoms with Gasteiger partial charge in [-0.05, 0) is 11.7 Å².